The fourth-order valence-electron chi connectivity index (χ4n) is 4.07. The molecule has 4 aromatic rings. The molecule has 0 spiro atoms. The summed E-state index contributed by atoms with van der Waals surface area (Å²) in [7, 11) is 0. The molecule has 0 bridgehead atoms. The minimum Gasteiger partial charge on any atom is -0.482 e. The van der Waals surface area contributed by atoms with Gasteiger partial charge in [-0.1, -0.05) is 41.9 Å². The first-order valence-electron chi connectivity index (χ1n) is 11.8. The predicted molar refractivity (Wildman–Crippen MR) is 140 cm³/mol. The summed E-state index contributed by atoms with van der Waals surface area (Å²) in [6.07, 6.45) is -10.2. The number of fused-ring (bicyclic) bond motifs is 1. The van der Waals surface area contributed by atoms with Crippen LogP contribution < -0.4 is 20.4 Å². The zero-order valence-corrected chi connectivity index (χ0v) is 21.8. The summed E-state index contributed by atoms with van der Waals surface area (Å²) in [6, 6.07) is 14.7. The molecule has 1 heterocycles. The van der Waals surface area contributed by atoms with Gasteiger partial charge in [0.1, 0.15) is 22.8 Å². The topological polar surface area (TPSA) is 77.8 Å². The number of carbonyl (C=O) groups excluding carboxylic acids is 1. The SMILES string of the molecule is Cc1ccccc1-c1c(CC(=O)Nc2c(OCC(F)(F)F)cccc2OCC(F)(F)F)c(=O)oc2ccc(Cl)cc12. The van der Waals surface area contributed by atoms with E-state index in [0.717, 1.165) is 23.8 Å². The number of aryl methyl sites for hydroxylation is 1. The lowest BCUT2D eigenvalue weighted by Crippen LogP contribution is -2.24. The summed E-state index contributed by atoms with van der Waals surface area (Å²) in [5.74, 6) is -2.15. The molecule has 3 aromatic carbocycles. The second-order valence-corrected chi connectivity index (χ2v) is 9.30. The molecule has 0 aliphatic carbocycles. The molecule has 1 aromatic heterocycles. The van der Waals surface area contributed by atoms with Crippen LogP contribution in [0.25, 0.3) is 22.1 Å². The molecular formula is C28H20ClF6NO5. The maximum absolute atomic E-state index is 13.2. The number of ether oxygens (including phenoxy) is 2. The van der Waals surface area contributed by atoms with Crippen molar-refractivity contribution in [3.63, 3.8) is 0 Å². The Balaban J connectivity index is 1.77. The highest BCUT2D eigenvalue weighted by atomic mass is 35.5. The number of para-hydroxylation sites is 1. The van der Waals surface area contributed by atoms with Crippen molar-refractivity contribution in [2.75, 3.05) is 18.5 Å². The zero-order valence-electron chi connectivity index (χ0n) is 21.1. The zero-order chi connectivity index (χ0) is 29.9. The lowest BCUT2D eigenvalue weighted by atomic mass is 9.92. The maximum Gasteiger partial charge on any atom is 0.422 e. The Labute approximate surface area is 233 Å². The Morgan fingerprint density at radius 2 is 1.51 bits per heavy atom. The van der Waals surface area contributed by atoms with Crippen LogP contribution in [0.1, 0.15) is 11.1 Å². The maximum atomic E-state index is 13.2. The molecule has 0 saturated heterocycles. The van der Waals surface area contributed by atoms with Crippen molar-refractivity contribution in [2.45, 2.75) is 25.7 Å². The van der Waals surface area contributed by atoms with Gasteiger partial charge < -0.3 is 19.2 Å². The van der Waals surface area contributed by atoms with Crippen molar-refractivity contribution >= 4 is 34.2 Å². The highest BCUT2D eigenvalue weighted by Crippen LogP contribution is 2.38. The van der Waals surface area contributed by atoms with Crippen molar-refractivity contribution in [3.8, 4) is 22.6 Å². The molecule has 6 nitrogen and oxygen atoms in total. The first kappa shape index (κ1) is 29.8. The van der Waals surface area contributed by atoms with E-state index in [0.29, 0.717) is 21.5 Å². The Kier molecular flexibility index (Phi) is 8.52. The minimum atomic E-state index is -4.78. The normalized spacial score (nSPS) is 11.9. The largest absolute Gasteiger partial charge is 0.482 e. The van der Waals surface area contributed by atoms with Gasteiger partial charge in [0, 0.05) is 16.0 Å². The number of hydrogen-bond donors (Lipinski definition) is 1. The molecule has 0 atom stereocenters. The predicted octanol–water partition coefficient (Wildman–Crippen LogP) is 7.49. The van der Waals surface area contributed by atoms with Crippen molar-refractivity contribution in [3.05, 3.63) is 87.2 Å². The van der Waals surface area contributed by atoms with E-state index in [2.05, 4.69) is 5.32 Å². The van der Waals surface area contributed by atoms with Crippen molar-refractivity contribution < 1.29 is 45.0 Å². The molecule has 216 valence electrons. The summed E-state index contributed by atoms with van der Waals surface area (Å²) in [5.41, 5.74) is 0.295. The Bertz CT molecular complexity index is 1610. The summed E-state index contributed by atoms with van der Waals surface area (Å²) >= 11 is 6.19. The van der Waals surface area contributed by atoms with E-state index in [1.165, 1.54) is 12.1 Å². The van der Waals surface area contributed by atoms with Gasteiger partial charge in [0.15, 0.2) is 13.2 Å². The third-order valence-electron chi connectivity index (χ3n) is 5.75. The van der Waals surface area contributed by atoms with Crippen molar-refractivity contribution in [1.82, 2.24) is 0 Å². The first-order chi connectivity index (χ1) is 19.2. The van der Waals surface area contributed by atoms with Crippen LogP contribution in [0.15, 0.2) is 69.9 Å². The van der Waals surface area contributed by atoms with E-state index >= 15 is 0 Å². The number of carbonyl (C=O) groups is 1. The number of halogens is 7. The average molecular weight is 600 g/mol. The third-order valence-corrected chi connectivity index (χ3v) is 5.98. The molecule has 13 heteroatoms. The lowest BCUT2D eigenvalue weighted by molar-refractivity contribution is -0.153. The van der Waals surface area contributed by atoms with E-state index < -0.39 is 60.7 Å². The molecule has 0 fully saturated rings. The monoisotopic (exact) mass is 599 g/mol. The Hall–Kier alpha value is -4.19. The number of rotatable bonds is 8. The van der Waals surface area contributed by atoms with Crippen molar-refractivity contribution in [1.29, 1.82) is 0 Å². The highest BCUT2D eigenvalue weighted by Gasteiger charge is 2.31. The molecule has 0 unspecified atom stereocenters. The van der Waals surface area contributed by atoms with Crippen LogP contribution in [-0.4, -0.2) is 31.5 Å². The lowest BCUT2D eigenvalue weighted by Gasteiger charge is -2.19. The number of amides is 1. The third kappa shape index (κ3) is 7.51. The van der Waals surface area contributed by atoms with Crippen LogP contribution in [0, 0.1) is 6.92 Å². The van der Waals surface area contributed by atoms with Crippen molar-refractivity contribution in [2.24, 2.45) is 0 Å². The molecule has 0 radical (unpaired) electrons. The molecule has 0 aliphatic rings. The van der Waals surface area contributed by atoms with E-state index in [1.807, 2.05) is 0 Å². The quantitative estimate of drug-likeness (QED) is 0.168. The Morgan fingerprint density at radius 1 is 0.902 bits per heavy atom. The number of anilines is 1. The van der Waals surface area contributed by atoms with E-state index in [-0.39, 0.29) is 11.1 Å². The first-order valence-corrected chi connectivity index (χ1v) is 12.2. The number of alkyl halides is 6. The summed E-state index contributed by atoms with van der Waals surface area (Å²) in [4.78, 5) is 26.3. The van der Waals surface area contributed by atoms with Gasteiger partial charge >= 0.3 is 18.0 Å². The smallest absolute Gasteiger partial charge is 0.422 e. The molecule has 1 N–H and O–H groups in total. The second-order valence-electron chi connectivity index (χ2n) is 8.86. The number of hydrogen-bond acceptors (Lipinski definition) is 5. The van der Waals surface area contributed by atoms with Gasteiger partial charge in [0.05, 0.1) is 12.0 Å². The van der Waals surface area contributed by atoms with Gasteiger partial charge in [0.2, 0.25) is 5.91 Å². The minimum absolute atomic E-state index is 0.113. The van der Waals surface area contributed by atoms with Crippen LogP contribution in [0.2, 0.25) is 5.02 Å². The van der Waals surface area contributed by atoms with Crippen LogP contribution in [0.4, 0.5) is 32.0 Å². The van der Waals surface area contributed by atoms with Gasteiger partial charge in [-0.2, -0.15) is 26.3 Å². The number of nitrogens with one attached hydrogen (secondary N) is 1. The van der Waals surface area contributed by atoms with Gasteiger partial charge in [0.25, 0.3) is 0 Å². The van der Waals surface area contributed by atoms with E-state index in [4.69, 9.17) is 25.5 Å². The van der Waals surface area contributed by atoms with Crippen LogP contribution in [0.3, 0.4) is 0 Å². The van der Waals surface area contributed by atoms with E-state index in [9.17, 15) is 35.9 Å². The van der Waals surface area contributed by atoms with Gasteiger partial charge in [-0.05, 0) is 48.4 Å². The molecule has 0 saturated carbocycles. The van der Waals surface area contributed by atoms with E-state index in [1.54, 1.807) is 37.3 Å². The fourth-order valence-corrected chi connectivity index (χ4v) is 4.24. The van der Waals surface area contributed by atoms with Crippen LogP contribution in [-0.2, 0) is 11.2 Å². The average Bonchev–Trinajstić information content (AvgIpc) is 2.87. The molecule has 41 heavy (non-hydrogen) atoms. The standard InChI is InChI=1S/C28H20ClF6NO5/c1-15-5-2-3-6-17(15)24-18-11-16(29)9-10-20(18)41-26(38)19(24)12-23(37)36-25-21(39-13-27(30,31)32)7-4-8-22(25)40-14-28(33,34)35/h2-11H,12-14H2,1H3,(H,36,37). The molecular weight excluding hydrogens is 580 g/mol. The second kappa shape index (κ2) is 11.7. The molecule has 1 amide bonds. The molecule has 0 aliphatic heterocycles. The Morgan fingerprint density at radius 3 is 2.10 bits per heavy atom. The van der Waals surface area contributed by atoms with Gasteiger partial charge in [-0.25, -0.2) is 4.79 Å². The van der Waals surface area contributed by atoms with Crippen LogP contribution >= 0.6 is 11.6 Å². The fraction of sp³-hybridized carbons (Fsp3) is 0.214. The molecule has 4 rings (SSSR count). The highest BCUT2D eigenvalue weighted by molar-refractivity contribution is 6.31. The summed E-state index contributed by atoms with van der Waals surface area (Å²) in [5, 5.41) is 2.98. The summed E-state index contributed by atoms with van der Waals surface area (Å²) < 4.78 is 91.8. The van der Waals surface area contributed by atoms with Crippen LogP contribution in [0.5, 0.6) is 11.5 Å². The van der Waals surface area contributed by atoms with Gasteiger partial charge in [-0.3, -0.25) is 4.79 Å². The summed E-state index contributed by atoms with van der Waals surface area (Å²) in [6.45, 7) is -1.79. The number of benzene rings is 3. The van der Waals surface area contributed by atoms with Gasteiger partial charge in [-0.15, -0.1) is 0 Å².